The summed E-state index contributed by atoms with van der Waals surface area (Å²) in [5.74, 6) is 1.55. The van der Waals surface area contributed by atoms with Gasteiger partial charge in [-0.2, -0.15) is 0 Å². The van der Waals surface area contributed by atoms with Gasteiger partial charge in [-0.15, -0.1) is 10.2 Å². The highest BCUT2D eigenvalue weighted by Gasteiger charge is 2.56. The SMILES string of the molecule is C[C@@]12CCC[C@@](C)(N1)[C@@H](F)[C@@H](N(c1ncc(-c3ccc(-c4cnc5c(c4)OCO5)cc3O)nn1)C1CC1)C2. The molecular formula is C28H31FN6O3. The summed E-state index contributed by atoms with van der Waals surface area (Å²) in [6.07, 6.45) is 7.90. The molecule has 7 rings (SSSR count). The van der Waals surface area contributed by atoms with Crippen LogP contribution in [0, 0.1) is 0 Å². The molecule has 3 aromatic rings. The van der Waals surface area contributed by atoms with Crippen LogP contribution in [-0.2, 0) is 0 Å². The van der Waals surface area contributed by atoms with Gasteiger partial charge in [0.05, 0.1) is 12.2 Å². The standard InChI is InChI=1S/C28H31FN6O3/c1-27-8-3-9-28(2,34-27)24(29)21(12-27)35(18-5-6-18)26-31-14-20(32-33-26)19-7-4-16(10-22(19)36)17-11-23-25(30-13-17)38-15-37-23/h4,7,10-11,13-14,18,21,24,34,36H,3,5-6,8-9,12,15H2,1-2H3/t21-,24-,27-,28+/m0/s1. The highest BCUT2D eigenvalue weighted by molar-refractivity contribution is 5.74. The molecule has 2 aromatic heterocycles. The highest BCUT2D eigenvalue weighted by Crippen LogP contribution is 2.46. The highest BCUT2D eigenvalue weighted by atomic mass is 19.1. The summed E-state index contributed by atoms with van der Waals surface area (Å²) in [5.41, 5.74) is 1.91. The largest absolute Gasteiger partial charge is 0.507 e. The zero-order valence-corrected chi connectivity index (χ0v) is 21.5. The number of pyridine rings is 1. The Balaban J connectivity index is 1.16. The van der Waals surface area contributed by atoms with E-state index in [2.05, 4.69) is 37.3 Å². The molecule has 5 heterocycles. The van der Waals surface area contributed by atoms with Gasteiger partial charge in [-0.3, -0.25) is 0 Å². The predicted octanol–water partition coefficient (Wildman–Crippen LogP) is 4.41. The first-order valence-corrected chi connectivity index (χ1v) is 13.3. The van der Waals surface area contributed by atoms with Crippen LogP contribution in [0.4, 0.5) is 10.3 Å². The van der Waals surface area contributed by atoms with E-state index in [1.165, 1.54) is 0 Å². The van der Waals surface area contributed by atoms with E-state index in [1.807, 2.05) is 19.1 Å². The molecule has 9 nitrogen and oxygen atoms in total. The van der Waals surface area contributed by atoms with Crippen LogP contribution in [0.5, 0.6) is 17.4 Å². The maximum absolute atomic E-state index is 16.0. The lowest BCUT2D eigenvalue weighted by Gasteiger charge is -2.57. The van der Waals surface area contributed by atoms with Crippen LogP contribution in [0.2, 0.25) is 0 Å². The summed E-state index contributed by atoms with van der Waals surface area (Å²) >= 11 is 0. The fraction of sp³-hybridized carbons (Fsp3) is 0.500. The number of piperidine rings is 2. The number of ether oxygens (including phenoxy) is 2. The summed E-state index contributed by atoms with van der Waals surface area (Å²) < 4.78 is 26.7. The molecule has 3 fully saturated rings. The van der Waals surface area contributed by atoms with Crippen molar-refractivity contribution in [2.45, 2.75) is 81.7 Å². The minimum Gasteiger partial charge on any atom is -0.507 e. The molecule has 0 spiro atoms. The molecule has 4 aliphatic rings. The number of hydrogen-bond donors (Lipinski definition) is 2. The van der Waals surface area contributed by atoms with Crippen molar-refractivity contribution < 1.29 is 19.0 Å². The van der Waals surface area contributed by atoms with E-state index < -0.39 is 11.7 Å². The normalized spacial score (nSPS) is 29.8. The van der Waals surface area contributed by atoms with Gasteiger partial charge in [0.15, 0.2) is 5.75 Å². The lowest BCUT2D eigenvalue weighted by atomic mass is 9.68. The third kappa shape index (κ3) is 3.93. The lowest BCUT2D eigenvalue weighted by molar-refractivity contribution is 0.0000873. The zero-order chi connectivity index (χ0) is 26.1. The Bertz CT molecular complexity index is 1390. The van der Waals surface area contributed by atoms with Crippen molar-refractivity contribution >= 4 is 5.95 Å². The molecule has 2 bridgehead atoms. The molecule has 3 aliphatic heterocycles. The maximum atomic E-state index is 16.0. The van der Waals surface area contributed by atoms with Crippen molar-refractivity contribution in [3.05, 3.63) is 36.7 Å². The van der Waals surface area contributed by atoms with E-state index in [4.69, 9.17) is 9.47 Å². The molecule has 4 atom stereocenters. The molecule has 0 radical (unpaired) electrons. The van der Waals surface area contributed by atoms with Crippen LogP contribution in [-0.4, -0.2) is 61.4 Å². The van der Waals surface area contributed by atoms with E-state index in [1.54, 1.807) is 24.5 Å². The second-order valence-electron chi connectivity index (χ2n) is 11.6. The first-order chi connectivity index (χ1) is 18.3. The van der Waals surface area contributed by atoms with Gasteiger partial charge >= 0.3 is 0 Å². The van der Waals surface area contributed by atoms with Crippen molar-refractivity contribution in [3.8, 4) is 39.8 Å². The fourth-order valence-corrected chi connectivity index (χ4v) is 6.57. The Morgan fingerprint density at radius 3 is 2.68 bits per heavy atom. The summed E-state index contributed by atoms with van der Waals surface area (Å²) in [7, 11) is 0. The van der Waals surface area contributed by atoms with Crippen LogP contribution in [0.15, 0.2) is 36.7 Å². The first-order valence-electron chi connectivity index (χ1n) is 13.3. The number of halogens is 1. The Kier molecular flexibility index (Phi) is 5.27. The molecule has 0 unspecified atom stereocenters. The number of phenols is 1. The maximum Gasteiger partial charge on any atom is 0.260 e. The molecule has 10 heteroatoms. The van der Waals surface area contributed by atoms with Gasteiger partial charge in [0.1, 0.15) is 17.6 Å². The second kappa shape index (κ2) is 8.49. The Labute approximate surface area is 220 Å². The van der Waals surface area contributed by atoms with Crippen molar-refractivity contribution in [3.63, 3.8) is 0 Å². The summed E-state index contributed by atoms with van der Waals surface area (Å²) in [4.78, 5) is 11.0. The number of hydrogen-bond acceptors (Lipinski definition) is 9. The predicted molar refractivity (Wildman–Crippen MR) is 139 cm³/mol. The summed E-state index contributed by atoms with van der Waals surface area (Å²) in [6.45, 7) is 4.38. The van der Waals surface area contributed by atoms with Crippen LogP contribution in [0.3, 0.4) is 0 Å². The van der Waals surface area contributed by atoms with Gasteiger partial charge in [-0.1, -0.05) is 6.07 Å². The van der Waals surface area contributed by atoms with Gasteiger partial charge in [-0.25, -0.2) is 14.4 Å². The number of rotatable bonds is 5. The smallest absolute Gasteiger partial charge is 0.260 e. The van der Waals surface area contributed by atoms with Gasteiger partial charge in [0.2, 0.25) is 12.7 Å². The van der Waals surface area contributed by atoms with Crippen LogP contribution < -0.4 is 19.7 Å². The van der Waals surface area contributed by atoms with E-state index in [0.717, 1.165) is 43.2 Å². The van der Waals surface area contributed by atoms with E-state index in [-0.39, 0.29) is 30.2 Å². The molecule has 2 N–H and O–H groups in total. The number of benzene rings is 1. The number of nitrogens with zero attached hydrogens (tertiary/aromatic N) is 5. The number of nitrogens with one attached hydrogen (secondary N) is 1. The van der Waals surface area contributed by atoms with Gasteiger partial charge in [0, 0.05) is 34.4 Å². The first kappa shape index (κ1) is 23.6. The molecule has 1 aliphatic carbocycles. The van der Waals surface area contributed by atoms with Crippen molar-refractivity contribution in [2.75, 3.05) is 11.7 Å². The lowest BCUT2D eigenvalue weighted by Crippen LogP contribution is -2.73. The Hall–Kier alpha value is -3.53. The van der Waals surface area contributed by atoms with Crippen molar-refractivity contribution in [2.24, 2.45) is 0 Å². The third-order valence-corrected chi connectivity index (χ3v) is 8.53. The summed E-state index contributed by atoms with van der Waals surface area (Å²) in [6, 6.07) is 7.09. The van der Waals surface area contributed by atoms with Gasteiger partial charge < -0.3 is 24.8 Å². The van der Waals surface area contributed by atoms with Crippen LogP contribution >= 0.6 is 0 Å². The zero-order valence-electron chi connectivity index (χ0n) is 21.5. The molecular weight excluding hydrogens is 487 g/mol. The summed E-state index contributed by atoms with van der Waals surface area (Å²) in [5, 5.41) is 23.3. The average Bonchev–Trinajstić information content (AvgIpc) is 3.62. The second-order valence-corrected chi connectivity index (χ2v) is 11.6. The number of aromatic hydroxyl groups is 1. The number of aromatic nitrogens is 4. The number of phenolic OH excluding ortho intramolecular Hbond substituents is 1. The van der Waals surface area contributed by atoms with Gasteiger partial charge in [0.25, 0.3) is 5.88 Å². The molecule has 198 valence electrons. The number of alkyl halides is 1. The topological polar surface area (TPSA) is 106 Å². The molecule has 38 heavy (non-hydrogen) atoms. The molecule has 1 saturated carbocycles. The van der Waals surface area contributed by atoms with Crippen molar-refractivity contribution in [1.82, 2.24) is 25.5 Å². The molecule has 1 aromatic carbocycles. The van der Waals surface area contributed by atoms with Crippen molar-refractivity contribution in [1.29, 1.82) is 0 Å². The number of fused-ring (bicyclic) bond motifs is 3. The Morgan fingerprint density at radius 2 is 1.92 bits per heavy atom. The number of anilines is 1. The quantitative estimate of drug-likeness (QED) is 0.508. The minimum absolute atomic E-state index is 0.0546. The van der Waals surface area contributed by atoms with Crippen LogP contribution in [0.25, 0.3) is 22.4 Å². The molecule has 0 amide bonds. The molecule has 2 saturated heterocycles. The third-order valence-electron chi connectivity index (χ3n) is 8.53. The van der Waals surface area contributed by atoms with Gasteiger partial charge in [-0.05, 0) is 76.1 Å². The van der Waals surface area contributed by atoms with E-state index >= 15 is 4.39 Å². The monoisotopic (exact) mass is 518 g/mol. The average molecular weight is 519 g/mol. The minimum atomic E-state index is -1.03. The van der Waals surface area contributed by atoms with E-state index in [9.17, 15) is 5.11 Å². The van der Waals surface area contributed by atoms with E-state index in [0.29, 0.717) is 35.3 Å². The fourth-order valence-electron chi connectivity index (χ4n) is 6.57. The Morgan fingerprint density at radius 1 is 1.05 bits per heavy atom. The van der Waals surface area contributed by atoms with Crippen LogP contribution in [0.1, 0.15) is 52.4 Å².